The van der Waals surface area contributed by atoms with E-state index < -0.39 is 40.3 Å². The molecular weight excluding hydrogens is 386 g/mol. The fraction of sp³-hybridized carbons (Fsp3) is 0.500. The monoisotopic (exact) mass is 409 g/mol. The second-order valence-corrected chi connectivity index (χ2v) is 8.76. The van der Waals surface area contributed by atoms with Crippen molar-refractivity contribution in [2.24, 2.45) is 0 Å². The first-order valence-corrected chi connectivity index (χ1v) is 10.8. The van der Waals surface area contributed by atoms with Gasteiger partial charge in [0.2, 0.25) is 0 Å². The molecule has 0 aromatic heterocycles. The number of rotatable bonds is 7. The number of benzene rings is 1. The molecule has 2 aliphatic heterocycles. The SMILES string of the molecule is CCOC(=O)CN1C(=O)C2CN(CCS(=O)(=O)c3ccccc3)CCN2C1=O. The van der Waals surface area contributed by atoms with Crippen LogP contribution in [0.2, 0.25) is 0 Å². The number of hydrogen-bond acceptors (Lipinski definition) is 7. The molecule has 10 heteroatoms. The Balaban J connectivity index is 1.60. The van der Waals surface area contributed by atoms with E-state index in [9.17, 15) is 22.8 Å². The predicted molar refractivity (Wildman–Crippen MR) is 99.2 cm³/mol. The van der Waals surface area contributed by atoms with Crippen molar-refractivity contribution in [2.45, 2.75) is 17.9 Å². The van der Waals surface area contributed by atoms with Crippen LogP contribution in [0.25, 0.3) is 0 Å². The van der Waals surface area contributed by atoms with Crippen LogP contribution in [0.4, 0.5) is 4.79 Å². The summed E-state index contributed by atoms with van der Waals surface area (Å²) in [5, 5.41) is 0. The molecule has 1 aromatic carbocycles. The van der Waals surface area contributed by atoms with Gasteiger partial charge in [0.15, 0.2) is 9.84 Å². The van der Waals surface area contributed by atoms with Gasteiger partial charge in [-0.05, 0) is 19.1 Å². The lowest BCUT2D eigenvalue weighted by molar-refractivity contribution is -0.146. The normalized spacial score (nSPS) is 20.4. The highest BCUT2D eigenvalue weighted by Crippen LogP contribution is 2.22. The maximum absolute atomic E-state index is 12.6. The average molecular weight is 409 g/mol. The molecule has 0 N–H and O–H groups in total. The number of sulfone groups is 1. The number of piperazine rings is 1. The Morgan fingerprint density at radius 1 is 1.18 bits per heavy atom. The highest BCUT2D eigenvalue weighted by atomic mass is 32.2. The first kappa shape index (κ1) is 20.3. The van der Waals surface area contributed by atoms with E-state index in [0.29, 0.717) is 13.1 Å². The zero-order valence-electron chi connectivity index (χ0n) is 15.6. The zero-order chi connectivity index (χ0) is 20.3. The quantitative estimate of drug-likeness (QED) is 0.460. The van der Waals surface area contributed by atoms with Crippen LogP contribution < -0.4 is 0 Å². The van der Waals surface area contributed by atoms with Crippen LogP contribution in [0.15, 0.2) is 35.2 Å². The average Bonchev–Trinajstić information content (AvgIpc) is 2.92. The Labute approximate surface area is 163 Å². The molecule has 2 fully saturated rings. The molecule has 1 unspecified atom stereocenters. The maximum atomic E-state index is 12.6. The molecule has 0 radical (unpaired) electrons. The second-order valence-electron chi connectivity index (χ2n) is 6.65. The standard InChI is InChI=1S/C18H23N3O6S/c1-2-27-16(22)13-21-17(23)15-12-19(8-9-20(15)18(21)24)10-11-28(25,26)14-6-4-3-5-7-14/h3-7,15H,2,8-13H2,1H3. The van der Waals surface area contributed by atoms with E-state index in [1.807, 2.05) is 4.90 Å². The number of carbonyl (C=O) groups is 3. The van der Waals surface area contributed by atoms with Gasteiger partial charge in [-0.3, -0.25) is 19.4 Å². The van der Waals surface area contributed by atoms with Crippen molar-refractivity contribution in [1.29, 1.82) is 0 Å². The number of esters is 1. The smallest absolute Gasteiger partial charge is 0.328 e. The topological polar surface area (TPSA) is 104 Å². The van der Waals surface area contributed by atoms with Crippen LogP contribution >= 0.6 is 0 Å². The molecule has 3 amide bonds. The predicted octanol–water partition coefficient (Wildman–Crippen LogP) is -0.0282. The van der Waals surface area contributed by atoms with Crippen molar-refractivity contribution in [3.05, 3.63) is 30.3 Å². The highest BCUT2D eigenvalue weighted by molar-refractivity contribution is 7.91. The van der Waals surface area contributed by atoms with Gasteiger partial charge in [-0.15, -0.1) is 0 Å². The van der Waals surface area contributed by atoms with E-state index in [2.05, 4.69) is 0 Å². The molecule has 152 valence electrons. The van der Waals surface area contributed by atoms with Crippen LogP contribution in [0.3, 0.4) is 0 Å². The van der Waals surface area contributed by atoms with Crippen molar-refractivity contribution >= 4 is 27.7 Å². The Hall–Kier alpha value is -2.46. The van der Waals surface area contributed by atoms with Crippen molar-refractivity contribution in [3.63, 3.8) is 0 Å². The molecule has 0 bridgehead atoms. The molecule has 0 aliphatic carbocycles. The number of fused-ring (bicyclic) bond motifs is 1. The largest absolute Gasteiger partial charge is 0.465 e. The molecule has 3 rings (SSSR count). The summed E-state index contributed by atoms with van der Waals surface area (Å²) in [5.74, 6) is -1.15. The highest BCUT2D eigenvalue weighted by Gasteiger charge is 2.48. The van der Waals surface area contributed by atoms with Crippen LogP contribution in [0, 0.1) is 0 Å². The van der Waals surface area contributed by atoms with Gasteiger partial charge in [0, 0.05) is 26.2 Å². The summed E-state index contributed by atoms with van der Waals surface area (Å²) in [6.07, 6.45) is 0. The van der Waals surface area contributed by atoms with Crippen LogP contribution in [-0.2, 0) is 24.2 Å². The van der Waals surface area contributed by atoms with E-state index in [1.54, 1.807) is 37.3 Å². The minimum atomic E-state index is -3.42. The molecule has 28 heavy (non-hydrogen) atoms. The summed E-state index contributed by atoms with van der Waals surface area (Å²) in [4.78, 5) is 41.1. The van der Waals surface area contributed by atoms with E-state index in [0.717, 1.165) is 4.90 Å². The van der Waals surface area contributed by atoms with Crippen molar-refractivity contribution in [3.8, 4) is 0 Å². The summed E-state index contributed by atoms with van der Waals surface area (Å²) < 4.78 is 29.7. The third-order valence-corrected chi connectivity index (χ3v) is 6.57. The van der Waals surface area contributed by atoms with Crippen molar-refractivity contribution < 1.29 is 27.5 Å². The first-order chi connectivity index (χ1) is 13.3. The molecule has 0 spiro atoms. The van der Waals surface area contributed by atoms with Gasteiger partial charge in [-0.25, -0.2) is 13.2 Å². The molecule has 1 aromatic rings. The van der Waals surface area contributed by atoms with Gasteiger partial charge >= 0.3 is 12.0 Å². The van der Waals surface area contributed by atoms with Gasteiger partial charge < -0.3 is 9.64 Å². The van der Waals surface area contributed by atoms with Crippen LogP contribution in [0.1, 0.15) is 6.92 Å². The molecule has 1 atom stereocenters. The molecule has 2 saturated heterocycles. The Kier molecular flexibility index (Phi) is 5.99. The molecular formula is C18H23N3O6S. The maximum Gasteiger partial charge on any atom is 0.328 e. The number of imide groups is 1. The minimum Gasteiger partial charge on any atom is -0.465 e. The Morgan fingerprint density at radius 3 is 2.57 bits per heavy atom. The molecule has 2 heterocycles. The van der Waals surface area contributed by atoms with Crippen molar-refractivity contribution in [1.82, 2.24) is 14.7 Å². The van der Waals surface area contributed by atoms with Crippen molar-refractivity contribution in [2.75, 3.05) is 45.1 Å². The number of amides is 3. The lowest BCUT2D eigenvalue weighted by Crippen LogP contribution is -2.53. The Morgan fingerprint density at radius 2 is 1.89 bits per heavy atom. The zero-order valence-corrected chi connectivity index (χ0v) is 16.4. The molecule has 0 saturated carbocycles. The third kappa shape index (κ3) is 4.17. The first-order valence-electron chi connectivity index (χ1n) is 9.11. The van der Waals surface area contributed by atoms with Gasteiger partial charge in [0.1, 0.15) is 12.6 Å². The van der Waals surface area contributed by atoms with E-state index in [1.165, 1.54) is 4.90 Å². The third-order valence-electron chi connectivity index (χ3n) is 4.86. The van der Waals surface area contributed by atoms with E-state index >= 15 is 0 Å². The molecule has 9 nitrogen and oxygen atoms in total. The van der Waals surface area contributed by atoms with E-state index in [-0.39, 0.29) is 30.3 Å². The van der Waals surface area contributed by atoms with E-state index in [4.69, 9.17) is 4.74 Å². The van der Waals surface area contributed by atoms with Gasteiger partial charge in [-0.2, -0.15) is 0 Å². The summed E-state index contributed by atoms with van der Waals surface area (Å²) >= 11 is 0. The number of ether oxygens (including phenoxy) is 1. The molecule has 2 aliphatic rings. The number of hydrogen-bond donors (Lipinski definition) is 0. The van der Waals surface area contributed by atoms with Crippen LogP contribution in [-0.4, -0.2) is 92.2 Å². The second kappa shape index (κ2) is 8.27. The summed E-state index contributed by atoms with van der Waals surface area (Å²) in [6, 6.07) is 7.01. The minimum absolute atomic E-state index is 0.0710. The summed E-state index contributed by atoms with van der Waals surface area (Å²) in [5.41, 5.74) is 0. The fourth-order valence-electron chi connectivity index (χ4n) is 3.39. The number of urea groups is 1. The summed E-state index contributed by atoms with van der Waals surface area (Å²) in [7, 11) is -3.42. The fourth-order valence-corrected chi connectivity index (χ4v) is 4.69. The lowest BCUT2D eigenvalue weighted by atomic mass is 10.2. The Bertz CT molecular complexity index is 857. The van der Waals surface area contributed by atoms with Gasteiger partial charge in [-0.1, -0.05) is 18.2 Å². The van der Waals surface area contributed by atoms with Gasteiger partial charge in [0.25, 0.3) is 5.91 Å². The van der Waals surface area contributed by atoms with Crippen LogP contribution in [0.5, 0.6) is 0 Å². The van der Waals surface area contributed by atoms with Gasteiger partial charge in [0.05, 0.1) is 17.3 Å². The summed E-state index contributed by atoms with van der Waals surface area (Å²) in [6.45, 7) is 2.70. The lowest BCUT2D eigenvalue weighted by Gasteiger charge is -2.35. The number of carbonyl (C=O) groups excluding carboxylic acids is 3. The number of nitrogens with zero attached hydrogens (tertiary/aromatic N) is 3.